The van der Waals surface area contributed by atoms with Crippen LogP contribution in [0.3, 0.4) is 0 Å². The second-order valence-electron chi connectivity index (χ2n) is 5.71. The fourth-order valence-corrected chi connectivity index (χ4v) is 2.93. The van der Waals surface area contributed by atoms with Crippen LogP contribution in [0.15, 0.2) is 42.7 Å². The lowest BCUT2D eigenvalue weighted by Gasteiger charge is -2.26. The number of hydrogen-bond acceptors (Lipinski definition) is 4. The van der Waals surface area contributed by atoms with Crippen LogP contribution >= 0.6 is 0 Å². The molecule has 110 valence electrons. The van der Waals surface area contributed by atoms with Crippen LogP contribution in [0.4, 0.5) is 0 Å². The molecule has 1 unspecified atom stereocenters. The van der Waals surface area contributed by atoms with Crippen molar-refractivity contribution in [3.63, 3.8) is 0 Å². The second-order valence-corrected chi connectivity index (χ2v) is 5.71. The number of rotatable bonds is 4. The highest BCUT2D eigenvalue weighted by Crippen LogP contribution is 2.27. The number of pyridine rings is 2. The van der Waals surface area contributed by atoms with Crippen LogP contribution in [-0.4, -0.2) is 41.1 Å². The van der Waals surface area contributed by atoms with Crippen LogP contribution in [0.25, 0.3) is 11.4 Å². The number of aromatic nitrogens is 2. The molecule has 0 amide bonds. The smallest absolute Gasteiger partial charge is 0.138 e. The van der Waals surface area contributed by atoms with E-state index in [1.165, 1.54) is 12.8 Å². The van der Waals surface area contributed by atoms with Gasteiger partial charge in [-0.3, -0.25) is 9.97 Å². The third kappa shape index (κ3) is 3.22. The summed E-state index contributed by atoms with van der Waals surface area (Å²) in [4.78, 5) is 11.0. The van der Waals surface area contributed by atoms with Gasteiger partial charge in [-0.1, -0.05) is 6.07 Å². The largest absolute Gasteiger partial charge is 0.487 e. The normalized spacial score (nSPS) is 21.7. The van der Waals surface area contributed by atoms with E-state index < -0.39 is 0 Å². The van der Waals surface area contributed by atoms with Crippen LogP contribution in [0.1, 0.15) is 19.3 Å². The standard InChI is InChI=1S/C17H21N3O/c1-20(2)16-7-5-8-17(16)21-13-9-10-15(19-12-13)14-6-3-4-11-18-14/h3-4,6,9-12,16-17H,5,7-8H2,1-2H3/t16?,17-/m1/s1. The number of nitrogens with zero attached hydrogens (tertiary/aromatic N) is 3. The molecule has 2 atom stereocenters. The highest BCUT2D eigenvalue weighted by molar-refractivity contribution is 5.53. The summed E-state index contributed by atoms with van der Waals surface area (Å²) in [6.45, 7) is 0. The molecule has 1 aliphatic carbocycles. The van der Waals surface area contributed by atoms with Gasteiger partial charge in [0.15, 0.2) is 0 Å². The van der Waals surface area contributed by atoms with Gasteiger partial charge < -0.3 is 9.64 Å². The van der Waals surface area contributed by atoms with E-state index in [1.807, 2.05) is 30.3 Å². The Labute approximate surface area is 125 Å². The first-order valence-electron chi connectivity index (χ1n) is 7.44. The molecule has 0 aromatic carbocycles. The van der Waals surface area contributed by atoms with Crippen molar-refractivity contribution in [3.05, 3.63) is 42.7 Å². The molecule has 4 nitrogen and oxygen atoms in total. The van der Waals surface area contributed by atoms with Gasteiger partial charge in [-0.15, -0.1) is 0 Å². The lowest BCUT2D eigenvalue weighted by atomic mass is 10.2. The van der Waals surface area contributed by atoms with Crippen molar-refractivity contribution in [2.24, 2.45) is 0 Å². The molecule has 2 aromatic heterocycles. The predicted octanol–water partition coefficient (Wildman–Crippen LogP) is 3.01. The molecule has 1 aliphatic rings. The molecule has 0 radical (unpaired) electrons. The maximum absolute atomic E-state index is 6.12. The summed E-state index contributed by atoms with van der Waals surface area (Å²) < 4.78 is 6.12. The molecule has 2 heterocycles. The average molecular weight is 283 g/mol. The number of ether oxygens (including phenoxy) is 1. The average Bonchev–Trinajstić information content (AvgIpc) is 2.97. The maximum Gasteiger partial charge on any atom is 0.138 e. The van der Waals surface area contributed by atoms with E-state index in [1.54, 1.807) is 12.4 Å². The van der Waals surface area contributed by atoms with Crippen LogP contribution in [-0.2, 0) is 0 Å². The van der Waals surface area contributed by atoms with Gasteiger partial charge in [0.25, 0.3) is 0 Å². The Kier molecular flexibility index (Phi) is 4.15. The Balaban J connectivity index is 1.70. The van der Waals surface area contributed by atoms with Gasteiger partial charge in [-0.25, -0.2) is 0 Å². The Bertz CT molecular complexity index is 568. The minimum atomic E-state index is 0.266. The zero-order chi connectivity index (χ0) is 14.7. The van der Waals surface area contributed by atoms with Gasteiger partial charge in [-0.05, 0) is 57.6 Å². The monoisotopic (exact) mass is 283 g/mol. The van der Waals surface area contributed by atoms with Crippen LogP contribution in [0.2, 0.25) is 0 Å². The molecular weight excluding hydrogens is 262 g/mol. The van der Waals surface area contributed by atoms with Gasteiger partial charge >= 0.3 is 0 Å². The first-order chi connectivity index (χ1) is 10.2. The van der Waals surface area contributed by atoms with Crippen molar-refractivity contribution in [1.82, 2.24) is 14.9 Å². The number of likely N-dealkylation sites (N-methyl/N-ethyl adjacent to an activating group) is 1. The molecule has 0 aliphatic heterocycles. The minimum Gasteiger partial charge on any atom is -0.487 e. The van der Waals surface area contributed by atoms with Gasteiger partial charge in [0.05, 0.1) is 17.6 Å². The van der Waals surface area contributed by atoms with E-state index in [-0.39, 0.29) is 6.10 Å². The van der Waals surface area contributed by atoms with Crippen molar-refractivity contribution in [2.45, 2.75) is 31.4 Å². The Hall–Kier alpha value is -1.94. The lowest BCUT2D eigenvalue weighted by molar-refractivity contribution is 0.121. The first kappa shape index (κ1) is 14.0. The predicted molar refractivity (Wildman–Crippen MR) is 83.2 cm³/mol. The summed E-state index contributed by atoms with van der Waals surface area (Å²) in [6, 6.07) is 10.3. The van der Waals surface area contributed by atoms with E-state index in [4.69, 9.17) is 4.74 Å². The van der Waals surface area contributed by atoms with Crippen LogP contribution < -0.4 is 4.74 Å². The van der Waals surface area contributed by atoms with Gasteiger partial charge in [0.1, 0.15) is 11.9 Å². The molecular formula is C17H21N3O. The van der Waals surface area contributed by atoms with Gasteiger partial charge in [-0.2, -0.15) is 0 Å². The van der Waals surface area contributed by atoms with Gasteiger partial charge in [0, 0.05) is 12.2 Å². The third-order valence-electron chi connectivity index (χ3n) is 4.03. The van der Waals surface area contributed by atoms with E-state index in [2.05, 4.69) is 29.0 Å². The van der Waals surface area contributed by atoms with Crippen LogP contribution in [0.5, 0.6) is 5.75 Å². The molecule has 3 rings (SSSR count). The zero-order valence-corrected chi connectivity index (χ0v) is 12.6. The van der Waals surface area contributed by atoms with E-state index in [9.17, 15) is 0 Å². The second kappa shape index (κ2) is 6.22. The quantitative estimate of drug-likeness (QED) is 0.864. The Morgan fingerprint density at radius 2 is 1.90 bits per heavy atom. The third-order valence-corrected chi connectivity index (χ3v) is 4.03. The first-order valence-corrected chi connectivity index (χ1v) is 7.44. The van der Waals surface area contributed by atoms with Crippen molar-refractivity contribution in [1.29, 1.82) is 0 Å². The molecule has 1 fully saturated rings. The van der Waals surface area contributed by atoms with Gasteiger partial charge in [0.2, 0.25) is 0 Å². The van der Waals surface area contributed by atoms with Crippen molar-refractivity contribution >= 4 is 0 Å². The molecule has 0 saturated heterocycles. The summed E-state index contributed by atoms with van der Waals surface area (Å²) in [5.74, 6) is 0.841. The number of hydrogen-bond donors (Lipinski definition) is 0. The fourth-order valence-electron chi connectivity index (χ4n) is 2.93. The summed E-state index contributed by atoms with van der Waals surface area (Å²) in [7, 11) is 4.24. The summed E-state index contributed by atoms with van der Waals surface area (Å²) in [5, 5.41) is 0. The van der Waals surface area contributed by atoms with E-state index in [0.29, 0.717) is 6.04 Å². The molecule has 21 heavy (non-hydrogen) atoms. The molecule has 0 N–H and O–H groups in total. The Morgan fingerprint density at radius 3 is 2.57 bits per heavy atom. The maximum atomic E-state index is 6.12. The SMILES string of the molecule is CN(C)C1CCC[C@H]1Oc1ccc(-c2ccccn2)nc1. The fraction of sp³-hybridized carbons (Fsp3) is 0.412. The molecule has 1 saturated carbocycles. The summed E-state index contributed by atoms with van der Waals surface area (Å²) in [6.07, 6.45) is 7.40. The summed E-state index contributed by atoms with van der Waals surface area (Å²) in [5.41, 5.74) is 1.76. The van der Waals surface area contributed by atoms with Crippen molar-refractivity contribution in [2.75, 3.05) is 14.1 Å². The van der Waals surface area contributed by atoms with E-state index >= 15 is 0 Å². The lowest BCUT2D eigenvalue weighted by Crippen LogP contribution is -2.38. The highest BCUT2D eigenvalue weighted by atomic mass is 16.5. The zero-order valence-electron chi connectivity index (χ0n) is 12.6. The van der Waals surface area contributed by atoms with Crippen molar-refractivity contribution in [3.8, 4) is 17.1 Å². The highest BCUT2D eigenvalue weighted by Gasteiger charge is 2.30. The molecule has 0 spiro atoms. The molecule has 2 aromatic rings. The summed E-state index contributed by atoms with van der Waals surface area (Å²) >= 11 is 0. The Morgan fingerprint density at radius 1 is 1.05 bits per heavy atom. The van der Waals surface area contributed by atoms with Crippen molar-refractivity contribution < 1.29 is 4.74 Å². The topological polar surface area (TPSA) is 38.2 Å². The molecule has 4 heteroatoms. The van der Waals surface area contributed by atoms with Crippen LogP contribution in [0, 0.1) is 0 Å². The van der Waals surface area contributed by atoms with E-state index in [0.717, 1.165) is 23.6 Å². The minimum absolute atomic E-state index is 0.266. The molecule has 0 bridgehead atoms.